The van der Waals surface area contributed by atoms with Crippen LogP contribution in [0.4, 0.5) is 4.79 Å². The number of nitrogens with zero attached hydrogens (tertiary/aromatic N) is 1. The zero-order valence-electron chi connectivity index (χ0n) is 21.4. The summed E-state index contributed by atoms with van der Waals surface area (Å²) in [5.41, 5.74) is 1.66. The molecular weight excluding hydrogens is 456 g/mol. The molecule has 0 heterocycles. The second-order valence-corrected chi connectivity index (χ2v) is 9.50. The maximum atomic E-state index is 13.3. The average Bonchev–Trinajstić information content (AvgIpc) is 2.85. The van der Waals surface area contributed by atoms with Gasteiger partial charge in [0.2, 0.25) is 11.8 Å². The van der Waals surface area contributed by atoms with Gasteiger partial charge in [0.15, 0.2) is 0 Å². The van der Waals surface area contributed by atoms with Gasteiger partial charge in [0.1, 0.15) is 24.7 Å². The minimum absolute atomic E-state index is 0.0643. The molecule has 0 radical (unpaired) electrons. The summed E-state index contributed by atoms with van der Waals surface area (Å²) >= 11 is 0. The van der Waals surface area contributed by atoms with E-state index in [0.717, 1.165) is 11.1 Å². The largest absolute Gasteiger partial charge is 0.445 e. The van der Waals surface area contributed by atoms with Gasteiger partial charge >= 0.3 is 6.09 Å². The molecule has 0 aromatic heterocycles. The monoisotopic (exact) mass is 492 g/mol. The van der Waals surface area contributed by atoms with Gasteiger partial charge in [0.25, 0.3) is 0 Å². The Kier molecular flexibility index (Phi) is 11.4. The molecule has 0 saturated heterocycles. The van der Waals surface area contributed by atoms with Gasteiger partial charge in [-0.05, 0) is 29.4 Å². The average molecular weight is 493 g/mol. The van der Waals surface area contributed by atoms with Gasteiger partial charge in [-0.25, -0.2) is 4.79 Å². The van der Waals surface area contributed by atoms with E-state index in [1.165, 1.54) is 0 Å². The first-order chi connectivity index (χ1) is 17.2. The molecule has 3 N–H and O–H groups in total. The number of nitriles is 1. The van der Waals surface area contributed by atoms with Gasteiger partial charge in [0.05, 0.1) is 6.07 Å². The van der Waals surface area contributed by atoms with Crippen molar-refractivity contribution in [3.05, 3.63) is 71.8 Å². The summed E-state index contributed by atoms with van der Waals surface area (Å²) in [6.45, 7) is 7.61. The molecule has 192 valence electrons. The highest BCUT2D eigenvalue weighted by molar-refractivity contribution is 5.91. The number of amides is 3. The Hall–Kier alpha value is -3.86. The van der Waals surface area contributed by atoms with Crippen molar-refractivity contribution in [3.63, 3.8) is 0 Å². The number of alkyl carbamates (subject to hydrolysis) is 1. The lowest BCUT2D eigenvalue weighted by Crippen LogP contribution is -2.57. The molecule has 3 atom stereocenters. The Morgan fingerprint density at radius 1 is 0.833 bits per heavy atom. The third kappa shape index (κ3) is 9.79. The van der Waals surface area contributed by atoms with Crippen LogP contribution in [0.2, 0.25) is 0 Å². The van der Waals surface area contributed by atoms with Crippen LogP contribution in [-0.2, 0) is 27.4 Å². The van der Waals surface area contributed by atoms with Crippen molar-refractivity contribution < 1.29 is 19.1 Å². The summed E-state index contributed by atoms with van der Waals surface area (Å²) < 4.78 is 5.31. The molecule has 2 aromatic carbocycles. The number of benzene rings is 2. The fourth-order valence-corrected chi connectivity index (χ4v) is 3.63. The van der Waals surface area contributed by atoms with Crippen molar-refractivity contribution >= 4 is 17.9 Å². The smallest absolute Gasteiger partial charge is 0.408 e. The highest BCUT2D eigenvalue weighted by Gasteiger charge is 2.30. The molecule has 0 bridgehead atoms. The second-order valence-electron chi connectivity index (χ2n) is 9.50. The van der Waals surface area contributed by atoms with Gasteiger partial charge in [-0.1, -0.05) is 88.4 Å². The first kappa shape index (κ1) is 28.4. The van der Waals surface area contributed by atoms with E-state index in [0.29, 0.717) is 6.42 Å². The highest BCUT2D eigenvalue weighted by Crippen LogP contribution is 2.10. The maximum absolute atomic E-state index is 13.3. The molecule has 0 spiro atoms. The van der Waals surface area contributed by atoms with Crippen LogP contribution in [0.5, 0.6) is 0 Å². The lowest BCUT2D eigenvalue weighted by molar-refractivity contribution is -0.131. The Balaban J connectivity index is 2.11. The van der Waals surface area contributed by atoms with E-state index in [4.69, 9.17) is 4.74 Å². The van der Waals surface area contributed by atoms with Gasteiger partial charge in [-0.15, -0.1) is 0 Å². The summed E-state index contributed by atoms with van der Waals surface area (Å²) in [4.78, 5) is 38.8. The van der Waals surface area contributed by atoms with Crippen molar-refractivity contribution in [2.45, 2.75) is 65.3 Å². The van der Waals surface area contributed by atoms with Crippen LogP contribution in [0.1, 0.15) is 45.2 Å². The van der Waals surface area contributed by atoms with Crippen molar-refractivity contribution in [1.29, 1.82) is 5.26 Å². The molecule has 3 amide bonds. The van der Waals surface area contributed by atoms with E-state index in [-0.39, 0.29) is 24.9 Å². The van der Waals surface area contributed by atoms with E-state index < -0.39 is 36.0 Å². The molecule has 0 aliphatic heterocycles. The molecule has 36 heavy (non-hydrogen) atoms. The minimum Gasteiger partial charge on any atom is -0.445 e. The second kappa shape index (κ2) is 14.5. The predicted octanol–water partition coefficient (Wildman–Crippen LogP) is 3.72. The zero-order chi connectivity index (χ0) is 26.5. The first-order valence-electron chi connectivity index (χ1n) is 12.2. The summed E-state index contributed by atoms with van der Waals surface area (Å²) in [5.74, 6) is -0.962. The number of rotatable bonds is 12. The normalized spacial score (nSPS) is 13.2. The molecule has 2 aromatic rings. The minimum atomic E-state index is -0.966. The standard InChI is InChI=1S/C28H36N4O4/c1-19(2)15-23(17-29)30-27(34)25(20(3)4)32-26(33)24(16-21-11-7-5-8-12-21)31-28(35)36-18-22-13-9-6-10-14-22/h5-14,19-20,23-25H,15-16,18H2,1-4H3,(H,30,34)(H,31,35)(H,32,33). The Labute approximate surface area is 213 Å². The zero-order valence-corrected chi connectivity index (χ0v) is 21.4. The van der Waals surface area contributed by atoms with Gasteiger partial charge in [-0.3, -0.25) is 9.59 Å². The van der Waals surface area contributed by atoms with Crippen LogP contribution >= 0.6 is 0 Å². The first-order valence-corrected chi connectivity index (χ1v) is 12.2. The molecule has 3 unspecified atom stereocenters. The van der Waals surface area contributed by atoms with E-state index in [1.807, 2.05) is 88.4 Å². The molecule has 0 aliphatic rings. The molecule has 8 nitrogen and oxygen atoms in total. The topological polar surface area (TPSA) is 120 Å². The molecule has 8 heteroatoms. The quantitative estimate of drug-likeness (QED) is 0.417. The SMILES string of the molecule is CC(C)CC(C#N)NC(=O)C(NC(=O)C(Cc1ccccc1)NC(=O)OCc1ccccc1)C(C)C. The predicted molar refractivity (Wildman–Crippen MR) is 137 cm³/mol. The van der Waals surface area contributed by atoms with E-state index >= 15 is 0 Å². The third-order valence-electron chi connectivity index (χ3n) is 5.53. The maximum Gasteiger partial charge on any atom is 0.408 e. The number of hydrogen-bond acceptors (Lipinski definition) is 5. The van der Waals surface area contributed by atoms with Crippen LogP contribution < -0.4 is 16.0 Å². The fourth-order valence-electron chi connectivity index (χ4n) is 3.63. The number of carbonyl (C=O) groups is 3. The Morgan fingerprint density at radius 3 is 1.94 bits per heavy atom. The summed E-state index contributed by atoms with van der Waals surface area (Å²) in [5, 5.41) is 17.5. The third-order valence-corrected chi connectivity index (χ3v) is 5.53. The van der Waals surface area contributed by atoms with E-state index in [1.54, 1.807) is 0 Å². The molecule has 0 saturated carbocycles. The van der Waals surface area contributed by atoms with Crippen LogP contribution in [0.15, 0.2) is 60.7 Å². The van der Waals surface area contributed by atoms with Crippen molar-refractivity contribution in [2.75, 3.05) is 0 Å². The number of ether oxygens (including phenoxy) is 1. The van der Waals surface area contributed by atoms with Gasteiger partial charge in [0, 0.05) is 6.42 Å². The highest BCUT2D eigenvalue weighted by atomic mass is 16.5. The molecular formula is C28H36N4O4. The number of nitrogens with one attached hydrogen (secondary N) is 3. The van der Waals surface area contributed by atoms with E-state index in [9.17, 15) is 19.6 Å². The van der Waals surface area contributed by atoms with Gasteiger partial charge in [-0.2, -0.15) is 5.26 Å². The summed E-state index contributed by atoms with van der Waals surface area (Å²) in [6.07, 6.45) is -0.0119. The number of carbonyl (C=O) groups excluding carboxylic acids is 3. The van der Waals surface area contributed by atoms with E-state index in [2.05, 4.69) is 22.0 Å². The molecule has 0 aliphatic carbocycles. The number of hydrogen-bond donors (Lipinski definition) is 3. The van der Waals surface area contributed by atoms with Crippen LogP contribution in [0.25, 0.3) is 0 Å². The van der Waals surface area contributed by atoms with Crippen molar-refractivity contribution in [3.8, 4) is 6.07 Å². The Morgan fingerprint density at radius 2 is 1.42 bits per heavy atom. The van der Waals surface area contributed by atoms with Crippen LogP contribution in [0, 0.1) is 23.2 Å². The molecule has 2 rings (SSSR count). The lowest BCUT2D eigenvalue weighted by atomic mass is 9.99. The lowest BCUT2D eigenvalue weighted by Gasteiger charge is -2.26. The van der Waals surface area contributed by atoms with Crippen LogP contribution in [0.3, 0.4) is 0 Å². The van der Waals surface area contributed by atoms with Crippen molar-refractivity contribution in [2.24, 2.45) is 11.8 Å². The summed E-state index contributed by atoms with van der Waals surface area (Å²) in [7, 11) is 0. The van der Waals surface area contributed by atoms with Gasteiger partial charge < -0.3 is 20.7 Å². The van der Waals surface area contributed by atoms with Crippen LogP contribution in [-0.4, -0.2) is 36.0 Å². The molecule has 0 fully saturated rings. The van der Waals surface area contributed by atoms with Crippen molar-refractivity contribution in [1.82, 2.24) is 16.0 Å². The Bertz CT molecular complexity index is 1020. The fraction of sp³-hybridized carbons (Fsp3) is 0.429. The summed E-state index contributed by atoms with van der Waals surface area (Å²) in [6, 6.07) is 18.1.